The molecule has 0 bridgehead atoms. The summed E-state index contributed by atoms with van der Waals surface area (Å²) in [7, 11) is 1.87. The molecular weight excluding hydrogens is 304 g/mol. The summed E-state index contributed by atoms with van der Waals surface area (Å²) in [6, 6.07) is 3.63. The van der Waals surface area contributed by atoms with Crippen LogP contribution >= 0.6 is 0 Å². The standard InChI is InChI=1S/C17H18N6O/c1-11(17(24)22-15-5-14(18)8-19-9-15)3-12-4-16(20-6-12)13-7-21-23(2)10-13/h3-10,20H,18H2,1-2H3,(H,22,24)/b11-3+. The Kier molecular flexibility index (Phi) is 4.15. The fourth-order valence-corrected chi connectivity index (χ4v) is 2.29. The van der Waals surface area contributed by atoms with Crippen molar-refractivity contribution >= 4 is 23.4 Å². The van der Waals surface area contributed by atoms with Crippen LogP contribution in [0.3, 0.4) is 0 Å². The van der Waals surface area contributed by atoms with E-state index in [0.29, 0.717) is 16.9 Å². The van der Waals surface area contributed by atoms with Crippen molar-refractivity contribution in [3.05, 3.63) is 54.3 Å². The van der Waals surface area contributed by atoms with E-state index in [1.807, 2.05) is 31.6 Å². The molecule has 3 rings (SSSR count). The molecule has 0 aliphatic carbocycles. The topological polar surface area (TPSA) is 102 Å². The van der Waals surface area contributed by atoms with Crippen LogP contribution in [0.5, 0.6) is 0 Å². The Bertz CT molecular complexity index is 905. The van der Waals surface area contributed by atoms with E-state index in [2.05, 4.69) is 20.4 Å². The van der Waals surface area contributed by atoms with E-state index >= 15 is 0 Å². The minimum absolute atomic E-state index is 0.202. The van der Waals surface area contributed by atoms with Gasteiger partial charge in [-0.3, -0.25) is 14.5 Å². The number of hydrogen-bond donors (Lipinski definition) is 3. The van der Waals surface area contributed by atoms with Gasteiger partial charge in [0.1, 0.15) is 0 Å². The van der Waals surface area contributed by atoms with E-state index in [9.17, 15) is 4.79 Å². The van der Waals surface area contributed by atoms with E-state index in [0.717, 1.165) is 16.8 Å². The first-order valence-corrected chi connectivity index (χ1v) is 7.39. The third kappa shape index (κ3) is 3.52. The van der Waals surface area contributed by atoms with Crippen LogP contribution in [0.15, 0.2) is 48.7 Å². The molecule has 122 valence electrons. The molecule has 0 fully saturated rings. The third-order valence-electron chi connectivity index (χ3n) is 3.48. The number of anilines is 2. The fraction of sp³-hybridized carbons (Fsp3) is 0.118. The molecule has 0 unspecified atom stereocenters. The van der Waals surface area contributed by atoms with Gasteiger partial charge in [-0.15, -0.1) is 0 Å². The Morgan fingerprint density at radius 2 is 2.17 bits per heavy atom. The van der Waals surface area contributed by atoms with Crippen LogP contribution in [0.2, 0.25) is 0 Å². The van der Waals surface area contributed by atoms with Crippen LogP contribution in [0.1, 0.15) is 12.5 Å². The van der Waals surface area contributed by atoms with Gasteiger partial charge in [-0.05, 0) is 30.7 Å². The number of aromatic nitrogens is 4. The number of nitrogen functional groups attached to an aromatic ring is 1. The highest BCUT2D eigenvalue weighted by molar-refractivity contribution is 6.06. The summed E-state index contributed by atoms with van der Waals surface area (Å²) in [6.07, 6.45) is 10.4. The molecule has 3 aromatic heterocycles. The van der Waals surface area contributed by atoms with Crippen LogP contribution in [-0.4, -0.2) is 25.7 Å². The average molecular weight is 322 g/mol. The summed E-state index contributed by atoms with van der Waals surface area (Å²) in [5.41, 5.74) is 10.1. The SMILES string of the molecule is C/C(=C\c1c[nH]c(-c2cnn(C)c2)c1)C(=O)Nc1cncc(N)c1. The normalized spacial score (nSPS) is 11.5. The van der Waals surface area contributed by atoms with Crippen molar-refractivity contribution in [2.24, 2.45) is 7.05 Å². The first kappa shape index (κ1) is 15.5. The Hall–Kier alpha value is -3.35. The van der Waals surface area contributed by atoms with E-state index in [1.54, 1.807) is 30.1 Å². The predicted molar refractivity (Wildman–Crippen MR) is 93.9 cm³/mol. The quantitative estimate of drug-likeness (QED) is 0.642. The van der Waals surface area contributed by atoms with Gasteiger partial charge in [-0.25, -0.2) is 0 Å². The molecule has 0 aliphatic heterocycles. The fourth-order valence-electron chi connectivity index (χ4n) is 2.29. The maximum Gasteiger partial charge on any atom is 0.251 e. The lowest BCUT2D eigenvalue weighted by Gasteiger charge is -2.05. The van der Waals surface area contributed by atoms with Crippen molar-refractivity contribution in [2.45, 2.75) is 6.92 Å². The molecule has 4 N–H and O–H groups in total. The van der Waals surface area contributed by atoms with Gasteiger partial charge >= 0.3 is 0 Å². The first-order valence-electron chi connectivity index (χ1n) is 7.39. The number of carbonyl (C=O) groups excluding carboxylic acids is 1. The van der Waals surface area contributed by atoms with Gasteiger partial charge in [-0.1, -0.05) is 0 Å². The number of nitrogens with one attached hydrogen (secondary N) is 2. The first-order chi connectivity index (χ1) is 11.5. The lowest BCUT2D eigenvalue weighted by molar-refractivity contribution is -0.112. The Labute approximate surface area is 139 Å². The summed E-state index contributed by atoms with van der Waals surface area (Å²) in [4.78, 5) is 19.4. The number of pyridine rings is 1. The molecule has 0 aliphatic rings. The molecule has 1 amide bonds. The number of nitrogens with zero attached hydrogens (tertiary/aromatic N) is 3. The van der Waals surface area contributed by atoms with Gasteiger partial charge in [0.05, 0.1) is 23.8 Å². The van der Waals surface area contributed by atoms with E-state index in [-0.39, 0.29) is 5.91 Å². The molecule has 7 heteroatoms. The Morgan fingerprint density at radius 1 is 1.33 bits per heavy atom. The number of amides is 1. The number of aromatic amines is 1. The second-order valence-electron chi connectivity index (χ2n) is 5.54. The molecule has 0 spiro atoms. The molecule has 0 saturated carbocycles. The minimum atomic E-state index is -0.202. The highest BCUT2D eigenvalue weighted by Gasteiger charge is 2.07. The second kappa shape index (κ2) is 6.41. The molecule has 0 saturated heterocycles. The van der Waals surface area contributed by atoms with Gasteiger partial charge in [0.2, 0.25) is 0 Å². The lowest BCUT2D eigenvalue weighted by atomic mass is 10.1. The zero-order valence-electron chi connectivity index (χ0n) is 13.4. The summed E-state index contributed by atoms with van der Waals surface area (Å²) in [5, 5.41) is 6.92. The number of carbonyl (C=O) groups is 1. The number of rotatable bonds is 4. The molecule has 24 heavy (non-hydrogen) atoms. The highest BCUT2D eigenvalue weighted by Crippen LogP contribution is 2.20. The van der Waals surface area contributed by atoms with Gasteiger partial charge < -0.3 is 16.0 Å². The van der Waals surface area contributed by atoms with Crippen LogP contribution < -0.4 is 11.1 Å². The number of H-pyrrole nitrogens is 1. The molecule has 0 aromatic carbocycles. The second-order valence-corrected chi connectivity index (χ2v) is 5.54. The summed E-state index contributed by atoms with van der Waals surface area (Å²) >= 11 is 0. The van der Waals surface area contributed by atoms with Crippen molar-refractivity contribution in [2.75, 3.05) is 11.1 Å². The van der Waals surface area contributed by atoms with Gasteiger partial charge in [0.25, 0.3) is 5.91 Å². The number of nitrogens with two attached hydrogens (primary N) is 1. The largest absolute Gasteiger partial charge is 0.397 e. The Balaban J connectivity index is 1.73. The van der Waals surface area contributed by atoms with E-state index < -0.39 is 0 Å². The molecule has 0 radical (unpaired) electrons. The van der Waals surface area contributed by atoms with E-state index in [1.165, 1.54) is 6.20 Å². The molecule has 3 aromatic rings. The van der Waals surface area contributed by atoms with Crippen LogP contribution in [0.25, 0.3) is 17.3 Å². The molecule has 7 nitrogen and oxygen atoms in total. The average Bonchev–Trinajstić information content (AvgIpc) is 3.16. The summed E-state index contributed by atoms with van der Waals surface area (Å²) in [5.74, 6) is -0.202. The number of aryl methyl sites for hydroxylation is 1. The maximum absolute atomic E-state index is 12.2. The monoisotopic (exact) mass is 322 g/mol. The van der Waals surface area contributed by atoms with Crippen LogP contribution in [0, 0.1) is 0 Å². The van der Waals surface area contributed by atoms with Crippen molar-refractivity contribution in [3.8, 4) is 11.3 Å². The van der Waals surface area contributed by atoms with E-state index in [4.69, 9.17) is 5.73 Å². The smallest absolute Gasteiger partial charge is 0.251 e. The highest BCUT2D eigenvalue weighted by atomic mass is 16.1. The maximum atomic E-state index is 12.2. The van der Waals surface area contributed by atoms with Gasteiger partial charge in [0.15, 0.2) is 0 Å². The van der Waals surface area contributed by atoms with Crippen LogP contribution in [-0.2, 0) is 11.8 Å². The van der Waals surface area contributed by atoms with Gasteiger partial charge in [-0.2, -0.15) is 5.10 Å². The summed E-state index contributed by atoms with van der Waals surface area (Å²) < 4.78 is 1.74. The molecule has 0 atom stereocenters. The zero-order valence-corrected chi connectivity index (χ0v) is 13.4. The van der Waals surface area contributed by atoms with Crippen LogP contribution in [0.4, 0.5) is 11.4 Å². The van der Waals surface area contributed by atoms with Crippen molar-refractivity contribution in [1.82, 2.24) is 19.7 Å². The minimum Gasteiger partial charge on any atom is -0.397 e. The third-order valence-corrected chi connectivity index (χ3v) is 3.48. The molecule has 3 heterocycles. The van der Waals surface area contributed by atoms with Gasteiger partial charge in [0, 0.05) is 42.5 Å². The zero-order chi connectivity index (χ0) is 17.1. The predicted octanol–water partition coefficient (Wildman–Crippen LogP) is 2.43. The number of hydrogen-bond acceptors (Lipinski definition) is 4. The van der Waals surface area contributed by atoms with Crippen molar-refractivity contribution < 1.29 is 4.79 Å². The Morgan fingerprint density at radius 3 is 2.88 bits per heavy atom. The van der Waals surface area contributed by atoms with Crippen molar-refractivity contribution in [1.29, 1.82) is 0 Å². The molecular formula is C17H18N6O. The summed E-state index contributed by atoms with van der Waals surface area (Å²) in [6.45, 7) is 1.76. The van der Waals surface area contributed by atoms with Crippen molar-refractivity contribution in [3.63, 3.8) is 0 Å². The lowest BCUT2D eigenvalue weighted by Crippen LogP contribution is -2.12.